The largest absolute Gasteiger partial charge is 0.453 e. The van der Waals surface area contributed by atoms with Crippen LogP contribution in [0, 0.1) is 13.8 Å². The van der Waals surface area contributed by atoms with Gasteiger partial charge in [0.25, 0.3) is 5.91 Å². The van der Waals surface area contributed by atoms with Crippen molar-refractivity contribution in [2.45, 2.75) is 13.8 Å². The van der Waals surface area contributed by atoms with E-state index in [1.165, 1.54) is 4.68 Å². The molecule has 0 amide bonds. The number of halogens is 1. The summed E-state index contributed by atoms with van der Waals surface area (Å²) in [5.41, 5.74) is 1.89. The minimum Gasteiger partial charge on any atom is -0.453 e. The van der Waals surface area contributed by atoms with Gasteiger partial charge in [-0.2, -0.15) is 9.78 Å². The standard InChI is InChI=1S/C18H15ClN2O2/c1-12-17(23-16-10-8-15(19)9-11-16)13(2)21(20-12)18(22)14-6-4-3-5-7-14/h3-11H,1-2H3. The first-order valence-electron chi connectivity index (χ1n) is 7.15. The average Bonchev–Trinajstić information content (AvgIpc) is 2.85. The second-order valence-electron chi connectivity index (χ2n) is 5.14. The number of aryl methyl sites for hydroxylation is 1. The topological polar surface area (TPSA) is 44.1 Å². The van der Waals surface area contributed by atoms with Gasteiger partial charge < -0.3 is 4.74 Å². The second kappa shape index (κ2) is 6.26. The maximum Gasteiger partial charge on any atom is 0.278 e. The van der Waals surface area contributed by atoms with E-state index in [2.05, 4.69) is 5.10 Å². The maximum atomic E-state index is 12.6. The van der Waals surface area contributed by atoms with E-state index in [0.717, 1.165) is 0 Å². The van der Waals surface area contributed by atoms with E-state index in [1.54, 1.807) is 36.4 Å². The van der Waals surface area contributed by atoms with Crippen molar-refractivity contribution in [1.29, 1.82) is 0 Å². The molecule has 3 aromatic rings. The molecule has 0 spiro atoms. The number of ether oxygens (including phenoxy) is 1. The number of benzene rings is 2. The Morgan fingerprint density at radius 3 is 2.35 bits per heavy atom. The maximum absolute atomic E-state index is 12.6. The van der Waals surface area contributed by atoms with Gasteiger partial charge in [-0.25, -0.2) is 0 Å². The second-order valence-corrected chi connectivity index (χ2v) is 5.58. The zero-order valence-corrected chi connectivity index (χ0v) is 13.5. The van der Waals surface area contributed by atoms with Crippen LogP contribution < -0.4 is 4.74 Å². The summed E-state index contributed by atoms with van der Waals surface area (Å²) in [6.45, 7) is 3.62. The van der Waals surface area contributed by atoms with Crippen molar-refractivity contribution >= 4 is 17.5 Å². The Balaban J connectivity index is 1.93. The van der Waals surface area contributed by atoms with Crippen LogP contribution in [0.25, 0.3) is 0 Å². The minimum atomic E-state index is -0.183. The van der Waals surface area contributed by atoms with Gasteiger partial charge in [-0.3, -0.25) is 4.79 Å². The predicted molar refractivity (Wildman–Crippen MR) is 89.4 cm³/mol. The molecular weight excluding hydrogens is 312 g/mol. The zero-order valence-electron chi connectivity index (χ0n) is 12.8. The third-order valence-corrected chi connectivity index (χ3v) is 3.72. The molecule has 1 aromatic heterocycles. The molecular formula is C18H15ClN2O2. The van der Waals surface area contributed by atoms with Crippen molar-refractivity contribution in [3.05, 3.63) is 76.6 Å². The van der Waals surface area contributed by atoms with E-state index in [-0.39, 0.29) is 5.91 Å². The van der Waals surface area contributed by atoms with Crippen molar-refractivity contribution in [1.82, 2.24) is 9.78 Å². The Labute approximate surface area is 139 Å². The summed E-state index contributed by atoms with van der Waals surface area (Å²) in [6, 6.07) is 16.1. The Bertz CT molecular complexity index is 839. The monoisotopic (exact) mass is 326 g/mol. The molecule has 0 aliphatic rings. The van der Waals surface area contributed by atoms with Gasteiger partial charge in [0.15, 0.2) is 5.75 Å². The van der Waals surface area contributed by atoms with Gasteiger partial charge in [-0.1, -0.05) is 29.8 Å². The molecule has 0 aliphatic carbocycles. The highest BCUT2D eigenvalue weighted by Crippen LogP contribution is 2.29. The summed E-state index contributed by atoms with van der Waals surface area (Å²) in [7, 11) is 0. The number of carbonyl (C=O) groups excluding carboxylic acids is 1. The number of carbonyl (C=O) groups is 1. The van der Waals surface area contributed by atoms with Crippen LogP contribution in [0.15, 0.2) is 54.6 Å². The zero-order chi connectivity index (χ0) is 16.4. The molecule has 0 atom stereocenters. The highest BCUT2D eigenvalue weighted by molar-refractivity contribution is 6.30. The van der Waals surface area contributed by atoms with Crippen LogP contribution in [0.4, 0.5) is 0 Å². The number of aromatic nitrogens is 2. The van der Waals surface area contributed by atoms with Crippen molar-refractivity contribution in [2.75, 3.05) is 0 Å². The quantitative estimate of drug-likeness (QED) is 0.704. The molecule has 23 heavy (non-hydrogen) atoms. The highest BCUT2D eigenvalue weighted by Gasteiger charge is 2.19. The van der Waals surface area contributed by atoms with E-state index >= 15 is 0 Å². The van der Waals surface area contributed by atoms with Gasteiger partial charge >= 0.3 is 0 Å². The van der Waals surface area contributed by atoms with Gasteiger partial charge in [0.05, 0.1) is 5.69 Å². The minimum absolute atomic E-state index is 0.183. The van der Waals surface area contributed by atoms with Gasteiger partial charge in [-0.05, 0) is 50.2 Å². The Kier molecular flexibility index (Phi) is 4.17. The van der Waals surface area contributed by atoms with Crippen molar-refractivity contribution < 1.29 is 9.53 Å². The molecule has 0 N–H and O–H groups in total. The molecule has 116 valence electrons. The smallest absolute Gasteiger partial charge is 0.278 e. The molecule has 0 unspecified atom stereocenters. The van der Waals surface area contributed by atoms with Crippen LogP contribution in [-0.2, 0) is 0 Å². The predicted octanol–water partition coefficient (Wildman–Crippen LogP) is 4.63. The van der Waals surface area contributed by atoms with Crippen LogP contribution in [0.2, 0.25) is 5.02 Å². The highest BCUT2D eigenvalue weighted by atomic mass is 35.5. The van der Waals surface area contributed by atoms with Crippen LogP contribution in [0.5, 0.6) is 11.5 Å². The lowest BCUT2D eigenvalue weighted by Crippen LogP contribution is -2.15. The lowest BCUT2D eigenvalue weighted by Gasteiger charge is -2.07. The molecule has 2 aromatic carbocycles. The summed E-state index contributed by atoms with van der Waals surface area (Å²) in [4.78, 5) is 12.6. The molecule has 0 saturated carbocycles. The first-order chi connectivity index (χ1) is 11.1. The van der Waals surface area contributed by atoms with Crippen LogP contribution in [-0.4, -0.2) is 15.7 Å². The van der Waals surface area contributed by atoms with Crippen LogP contribution in [0.1, 0.15) is 21.7 Å². The number of rotatable bonds is 3. The third kappa shape index (κ3) is 3.12. The lowest BCUT2D eigenvalue weighted by molar-refractivity contribution is 0.0942. The fraction of sp³-hybridized carbons (Fsp3) is 0.111. The van der Waals surface area contributed by atoms with Crippen molar-refractivity contribution in [3.63, 3.8) is 0 Å². The van der Waals surface area contributed by atoms with Gasteiger partial charge in [0.2, 0.25) is 0 Å². The Morgan fingerprint density at radius 2 is 1.70 bits per heavy atom. The van der Waals surface area contributed by atoms with E-state index < -0.39 is 0 Å². The van der Waals surface area contributed by atoms with Crippen molar-refractivity contribution in [3.8, 4) is 11.5 Å². The number of nitrogens with zero attached hydrogens (tertiary/aromatic N) is 2. The molecule has 0 fully saturated rings. The first kappa shape index (κ1) is 15.3. The third-order valence-electron chi connectivity index (χ3n) is 3.47. The average molecular weight is 327 g/mol. The molecule has 3 rings (SSSR count). The van der Waals surface area contributed by atoms with E-state index in [1.807, 2.05) is 32.0 Å². The fourth-order valence-corrected chi connectivity index (χ4v) is 2.42. The van der Waals surface area contributed by atoms with E-state index in [9.17, 15) is 4.79 Å². The number of hydrogen-bond donors (Lipinski definition) is 0. The van der Waals surface area contributed by atoms with Crippen LogP contribution in [0.3, 0.4) is 0 Å². The summed E-state index contributed by atoms with van der Waals surface area (Å²) in [5.74, 6) is 1.04. The van der Waals surface area contributed by atoms with Gasteiger partial charge in [0, 0.05) is 10.6 Å². The molecule has 1 heterocycles. The van der Waals surface area contributed by atoms with Gasteiger partial charge in [0.1, 0.15) is 11.4 Å². The van der Waals surface area contributed by atoms with E-state index in [0.29, 0.717) is 33.5 Å². The van der Waals surface area contributed by atoms with E-state index in [4.69, 9.17) is 16.3 Å². The molecule has 0 saturated heterocycles. The molecule has 0 radical (unpaired) electrons. The molecule has 4 nitrogen and oxygen atoms in total. The summed E-state index contributed by atoms with van der Waals surface area (Å²) in [5, 5.41) is 4.96. The number of hydrogen-bond acceptors (Lipinski definition) is 3. The first-order valence-corrected chi connectivity index (χ1v) is 7.53. The molecule has 5 heteroatoms. The Hall–Kier alpha value is -2.59. The lowest BCUT2D eigenvalue weighted by atomic mass is 10.2. The molecule has 0 aliphatic heterocycles. The van der Waals surface area contributed by atoms with Crippen LogP contribution >= 0.6 is 11.6 Å². The SMILES string of the molecule is Cc1nn(C(=O)c2ccccc2)c(C)c1Oc1ccc(Cl)cc1. The summed E-state index contributed by atoms with van der Waals surface area (Å²) >= 11 is 5.87. The summed E-state index contributed by atoms with van der Waals surface area (Å²) < 4.78 is 7.24. The Morgan fingerprint density at radius 1 is 1.04 bits per heavy atom. The molecule has 0 bridgehead atoms. The fourth-order valence-electron chi connectivity index (χ4n) is 2.30. The normalized spacial score (nSPS) is 10.6. The van der Waals surface area contributed by atoms with Gasteiger partial charge in [-0.15, -0.1) is 0 Å². The summed E-state index contributed by atoms with van der Waals surface area (Å²) in [6.07, 6.45) is 0. The van der Waals surface area contributed by atoms with Crippen molar-refractivity contribution in [2.24, 2.45) is 0 Å².